The highest BCUT2D eigenvalue weighted by molar-refractivity contribution is 7.99. The normalized spacial score (nSPS) is 11.5. The molecule has 134 valence electrons. The lowest BCUT2D eigenvalue weighted by Gasteiger charge is -2.14. The summed E-state index contributed by atoms with van der Waals surface area (Å²) in [6.07, 6.45) is 0. The molecule has 0 atom stereocenters. The average molecular weight is 399 g/mol. The van der Waals surface area contributed by atoms with Crippen LogP contribution in [0.1, 0.15) is 10.4 Å². The van der Waals surface area contributed by atoms with Crippen molar-refractivity contribution in [1.29, 1.82) is 0 Å². The Morgan fingerprint density at radius 3 is 2.48 bits per heavy atom. The van der Waals surface area contributed by atoms with E-state index in [0.29, 0.717) is 12.3 Å². The third-order valence-corrected chi connectivity index (χ3v) is 6.66. The van der Waals surface area contributed by atoms with Crippen molar-refractivity contribution in [3.63, 3.8) is 0 Å². The molecular formula is C17H19ClN2O3S2. The predicted octanol–water partition coefficient (Wildman–Crippen LogP) is 3.11. The molecule has 25 heavy (non-hydrogen) atoms. The van der Waals surface area contributed by atoms with Crippen LogP contribution in [0.3, 0.4) is 0 Å². The second kappa shape index (κ2) is 8.71. The third-order valence-electron chi connectivity index (χ3n) is 3.35. The van der Waals surface area contributed by atoms with Gasteiger partial charge in [0.1, 0.15) is 4.90 Å². The van der Waals surface area contributed by atoms with Crippen LogP contribution in [-0.2, 0) is 10.0 Å². The fourth-order valence-corrected chi connectivity index (χ4v) is 4.17. The summed E-state index contributed by atoms with van der Waals surface area (Å²) in [5, 5.41) is 2.87. The number of benzene rings is 2. The quantitative estimate of drug-likeness (QED) is 0.574. The van der Waals surface area contributed by atoms with Gasteiger partial charge in [0.2, 0.25) is 10.0 Å². The summed E-state index contributed by atoms with van der Waals surface area (Å²) in [6.45, 7) is 0.469. The fourth-order valence-electron chi connectivity index (χ4n) is 1.99. The number of nitrogens with zero attached hydrogens (tertiary/aromatic N) is 1. The molecule has 0 fully saturated rings. The van der Waals surface area contributed by atoms with Crippen molar-refractivity contribution in [3.8, 4) is 0 Å². The van der Waals surface area contributed by atoms with Crippen LogP contribution < -0.4 is 5.32 Å². The van der Waals surface area contributed by atoms with Crippen LogP contribution >= 0.6 is 23.4 Å². The van der Waals surface area contributed by atoms with Crippen LogP contribution in [0.5, 0.6) is 0 Å². The zero-order valence-corrected chi connectivity index (χ0v) is 16.3. The van der Waals surface area contributed by atoms with Crippen LogP contribution in [0.2, 0.25) is 5.02 Å². The first-order valence-electron chi connectivity index (χ1n) is 7.50. The van der Waals surface area contributed by atoms with Gasteiger partial charge in [-0.15, -0.1) is 11.8 Å². The van der Waals surface area contributed by atoms with E-state index in [9.17, 15) is 13.2 Å². The van der Waals surface area contributed by atoms with Gasteiger partial charge in [0.15, 0.2) is 0 Å². The lowest BCUT2D eigenvalue weighted by molar-refractivity contribution is 0.0956. The van der Waals surface area contributed by atoms with E-state index in [-0.39, 0.29) is 21.4 Å². The second-order valence-corrected chi connectivity index (χ2v) is 9.05. The largest absolute Gasteiger partial charge is 0.351 e. The van der Waals surface area contributed by atoms with Crippen molar-refractivity contribution in [1.82, 2.24) is 9.62 Å². The summed E-state index contributed by atoms with van der Waals surface area (Å²) >= 11 is 7.62. The first-order valence-corrected chi connectivity index (χ1v) is 10.3. The zero-order chi connectivity index (χ0) is 18.4. The Balaban J connectivity index is 2.00. The van der Waals surface area contributed by atoms with Crippen LogP contribution in [0.25, 0.3) is 0 Å². The predicted molar refractivity (Wildman–Crippen MR) is 102 cm³/mol. The molecule has 0 spiro atoms. The van der Waals surface area contributed by atoms with Crippen molar-refractivity contribution in [2.45, 2.75) is 9.79 Å². The van der Waals surface area contributed by atoms with E-state index in [1.54, 1.807) is 11.8 Å². The summed E-state index contributed by atoms with van der Waals surface area (Å²) < 4.78 is 25.6. The van der Waals surface area contributed by atoms with Crippen molar-refractivity contribution >= 4 is 39.3 Å². The molecule has 0 unspecified atom stereocenters. The minimum Gasteiger partial charge on any atom is -0.351 e. The van der Waals surface area contributed by atoms with E-state index in [1.807, 2.05) is 30.3 Å². The van der Waals surface area contributed by atoms with Crippen molar-refractivity contribution in [3.05, 3.63) is 59.1 Å². The number of carbonyl (C=O) groups is 1. The van der Waals surface area contributed by atoms with Gasteiger partial charge >= 0.3 is 0 Å². The number of hydrogen-bond acceptors (Lipinski definition) is 4. The Morgan fingerprint density at radius 2 is 1.84 bits per heavy atom. The maximum absolute atomic E-state index is 12.3. The molecule has 1 N–H and O–H groups in total. The Bertz CT molecular complexity index is 840. The van der Waals surface area contributed by atoms with Crippen molar-refractivity contribution in [2.24, 2.45) is 0 Å². The van der Waals surface area contributed by atoms with E-state index in [1.165, 1.54) is 32.3 Å². The summed E-state index contributed by atoms with van der Waals surface area (Å²) in [7, 11) is -0.876. The molecule has 0 saturated carbocycles. The van der Waals surface area contributed by atoms with Gasteiger partial charge in [-0.1, -0.05) is 29.8 Å². The highest BCUT2D eigenvalue weighted by atomic mass is 35.5. The molecule has 5 nitrogen and oxygen atoms in total. The standard InChI is InChI=1S/C17H19ClN2O3S2/c1-20(2)25(22,23)16-12-13(8-9-15(16)18)17(21)19-10-11-24-14-6-4-3-5-7-14/h3-9,12H,10-11H2,1-2H3,(H,19,21). The molecular weight excluding hydrogens is 380 g/mol. The number of amides is 1. The van der Waals surface area contributed by atoms with Gasteiger partial charge < -0.3 is 5.32 Å². The number of thioether (sulfide) groups is 1. The van der Waals surface area contributed by atoms with Gasteiger partial charge in [-0.3, -0.25) is 4.79 Å². The molecule has 0 aromatic heterocycles. The van der Waals surface area contributed by atoms with E-state index in [0.717, 1.165) is 9.20 Å². The molecule has 0 aliphatic carbocycles. The Hall–Kier alpha value is -1.54. The molecule has 1 amide bonds. The first-order chi connectivity index (χ1) is 11.8. The topological polar surface area (TPSA) is 66.5 Å². The van der Waals surface area contributed by atoms with E-state index >= 15 is 0 Å². The van der Waals surface area contributed by atoms with Crippen LogP contribution in [0, 0.1) is 0 Å². The van der Waals surface area contributed by atoms with Crippen molar-refractivity contribution in [2.75, 3.05) is 26.4 Å². The lowest BCUT2D eigenvalue weighted by atomic mass is 10.2. The minimum absolute atomic E-state index is 0.0783. The number of hydrogen-bond donors (Lipinski definition) is 1. The van der Waals surface area contributed by atoms with Gasteiger partial charge in [-0.2, -0.15) is 0 Å². The Labute approximate surface area is 157 Å². The summed E-state index contributed by atoms with van der Waals surface area (Å²) in [5.74, 6) is 0.382. The van der Waals surface area contributed by atoms with Gasteiger partial charge in [-0.25, -0.2) is 12.7 Å². The van der Waals surface area contributed by atoms with E-state index in [2.05, 4.69) is 5.32 Å². The van der Waals surface area contributed by atoms with Gasteiger partial charge in [0.05, 0.1) is 5.02 Å². The maximum atomic E-state index is 12.3. The SMILES string of the molecule is CN(C)S(=O)(=O)c1cc(C(=O)NCCSc2ccccc2)ccc1Cl. The molecule has 2 rings (SSSR count). The number of nitrogens with one attached hydrogen (secondary N) is 1. The van der Waals surface area contributed by atoms with Crippen molar-refractivity contribution < 1.29 is 13.2 Å². The Kier molecular flexibility index (Phi) is 6.89. The molecule has 0 saturated heterocycles. The molecule has 0 bridgehead atoms. The van der Waals surface area contributed by atoms with E-state index in [4.69, 9.17) is 11.6 Å². The van der Waals surface area contributed by atoms with Crippen LogP contribution in [0.15, 0.2) is 58.3 Å². The first kappa shape index (κ1) is 19.8. The number of rotatable bonds is 7. The van der Waals surface area contributed by atoms with Crippen LogP contribution in [-0.4, -0.2) is 45.0 Å². The molecule has 8 heteroatoms. The van der Waals surface area contributed by atoms with Gasteiger partial charge in [-0.05, 0) is 30.3 Å². The van der Waals surface area contributed by atoms with Gasteiger partial charge in [0.25, 0.3) is 5.91 Å². The van der Waals surface area contributed by atoms with E-state index < -0.39 is 10.0 Å². The van der Waals surface area contributed by atoms with Crippen LogP contribution in [0.4, 0.5) is 0 Å². The minimum atomic E-state index is -3.71. The third kappa shape index (κ3) is 5.22. The number of carbonyl (C=O) groups excluding carboxylic acids is 1. The number of halogens is 1. The number of sulfonamides is 1. The highest BCUT2D eigenvalue weighted by Crippen LogP contribution is 2.24. The molecule has 2 aromatic carbocycles. The second-order valence-electron chi connectivity index (χ2n) is 5.35. The molecule has 0 heterocycles. The molecule has 0 aliphatic rings. The Morgan fingerprint density at radius 1 is 1.16 bits per heavy atom. The monoisotopic (exact) mass is 398 g/mol. The smallest absolute Gasteiger partial charge is 0.251 e. The summed E-state index contributed by atoms with van der Waals surface area (Å²) in [4.78, 5) is 13.3. The molecule has 0 radical (unpaired) electrons. The summed E-state index contributed by atoms with van der Waals surface area (Å²) in [5.41, 5.74) is 0.259. The zero-order valence-electron chi connectivity index (χ0n) is 13.9. The van der Waals surface area contributed by atoms with Gasteiger partial charge in [0, 0.05) is 36.9 Å². The lowest BCUT2D eigenvalue weighted by Crippen LogP contribution is -2.27. The summed E-state index contributed by atoms with van der Waals surface area (Å²) in [6, 6.07) is 14.1. The maximum Gasteiger partial charge on any atom is 0.251 e. The molecule has 2 aromatic rings. The highest BCUT2D eigenvalue weighted by Gasteiger charge is 2.22. The fraction of sp³-hybridized carbons (Fsp3) is 0.235. The average Bonchev–Trinajstić information content (AvgIpc) is 2.59. The molecule has 0 aliphatic heterocycles.